The fraction of sp³-hybridized carbons (Fsp3) is 0.250. The van der Waals surface area contributed by atoms with E-state index in [-0.39, 0.29) is 29.4 Å². The first-order valence-electron chi connectivity index (χ1n) is 12.1. The third kappa shape index (κ3) is 4.62. The topological polar surface area (TPSA) is 93.8 Å². The minimum absolute atomic E-state index is 0.00894. The summed E-state index contributed by atoms with van der Waals surface area (Å²) in [6.45, 7) is 3.21. The van der Waals surface area contributed by atoms with E-state index in [2.05, 4.69) is 5.32 Å². The molecule has 36 heavy (non-hydrogen) atoms. The Hall–Kier alpha value is -4.33. The standard InChI is InChI=1S/C28H27N3O5/c1-2-35-28(34)30-16-13-20(14-17-30)31-18-15-21-22(27(31)33)9-6-10-23(21)29-26(32)25-12-11-24(36-25)19-7-4-3-5-8-19/h3-12,15,18,20H,2,13-14,16-17H2,1H3,(H,29,32). The molecule has 0 atom stereocenters. The molecule has 5 rings (SSSR count). The number of furan rings is 1. The molecule has 0 aliphatic carbocycles. The lowest BCUT2D eigenvalue weighted by Crippen LogP contribution is -2.41. The third-order valence-electron chi connectivity index (χ3n) is 6.49. The van der Waals surface area contributed by atoms with E-state index in [1.165, 1.54) is 0 Å². The van der Waals surface area contributed by atoms with Gasteiger partial charge in [0, 0.05) is 47.4 Å². The summed E-state index contributed by atoms with van der Waals surface area (Å²) in [5.74, 6) is 0.406. The van der Waals surface area contributed by atoms with Gasteiger partial charge < -0.3 is 23.9 Å². The first-order valence-corrected chi connectivity index (χ1v) is 12.1. The molecule has 1 aliphatic rings. The summed E-state index contributed by atoms with van der Waals surface area (Å²) in [7, 11) is 0. The predicted molar refractivity (Wildman–Crippen MR) is 137 cm³/mol. The zero-order chi connectivity index (χ0) is 25.1. The second-order valence-electron chi connectivity index (χ2n) is 8.70. The number of hydrogen-bond donors (Lipinski definition) is 1. The number of anilines is 1. The van der Waals surface area contributed by atoms with Gasteiger partial charge in [0.15, 0.2) is 5.76 Å². The van der Waals surface area contributed by atoms with E-state index in [0.717, 1.165) is 5.56 Å². The van der Waals surface area contributed by atoms with Crippen molar-refractivity contribution in [2.24, 2.45) is 0 Å². The average Bonchev–Trinajstić information content (AvgIpc) is 3.41. The van der Waals surface area contributed by atoms with Gasteiger partial charge in [-0.05, 0) is 50.1 Å². The molecule has 184 valence electrons. The monoisotopic (exact) mass is 485 g/mol. The van der Waals surface area contributed by atoms with Gasteiger partial charge >= 0.3 is 6.09 Å². The van der Waals surface area contributed by atoms with E-state index >= 15 is 0 Å². The highest BCUT2D eigenvalue weighted by Gasteiger charge is 2.25. The summed E-state index contributed by atoms with van der Waals surface area (Å²) >= 11 is 0. The Kier molecular flexibility index (Phi) is 6.58. The summed E-state index contributed by atoms with van der Waals surface area (Å²) in [5.41, 5.74) is 1.30. The van der Waals surface area contributed by atoms with Crippen LogP contribution in [0, 0.1) is 0 Å². The van der Waals surface area contributed by atoms with Crippen molar-refractivity contribution in [2.45, 2.75) is 25.8 Å². The number of nitrogens with zero attached hydrogens (tertiary/aromatic N) is 2. The average molecular weight is 486 g/mol. The number of hydrogen-bond acceptors (Lipinski definition) is 5. The van der Waals surface area contributed by atoms with E-state index < -0.39 is 0 Å². The maximum Gasteiger partial charge on any atom is 0.409 e. The lowest BCUT2D eigenvalue weighted by molar-refractivity contribution is 0.0923. The van der Waals surface area contributed by atoms with Crippen LogP contribution >= 0.6 is 0 Å². The van der Waals surface area contributed by atoms with Crippen molar-refractivity contribution in [3.8, 4) is 11.3 Å². The molecule has 2 aromatic heterocycles. The second-order valence-corrected chi connectivity index (χ2v) is 8.70. The molecule has 2 amide bonds. The predicted octanol–water partition coefficient (Wildman–Crippen LogP) is 5.31. The number of pyridine rings is 1. The molecule has 1 saturated heterocycles. The first kappa shape index (κ1) is 23.4. The van der Waals surface area contributed by atoms with Crippen molar-refractivity contribution in [2.75, 3.05) is 25.0 Å². The zero-order valence-corrected chi connectivity index (χ0v) is 20.0. The number of nitrogens with one attached hydrogen (secondary N) is 1. The van der Waals surface area contributed by atoms with Crippen LogP contribution in [0.2, 0.25) is 0 Å². The normalized spacial score (nSPS) is 14.1. The van der Waals surface area contributed by atoms with Crippen LogP contribution in [0.3, 0.4) is 0 Å². The van der Waals surface area contributed by atoms with Gasteiger partial charge in [0.2, 0.25) is 0 Å². The molecule has 0 radical (unpaired) electrons. The SMILES string of the molecule is CCOC(=O)N1CCC(n2ccc3c(NC(=O)c4ccc(-c5ccccc5)o4)cccc3c2=O)CC1. The Morgan fingerprint density at radius 1 is 0.972 bits per heavy atom. The van der Waals surface area contributed by atoms with Crippen LogP contribution < -0.4 is 10.9 Å². The van der Waals surface area contributed by atoms with Gasteiger partial charge in [-0.3, -0.25) is 9.59 Å². The molecule has 3 heterocycles. The Balaban J connectivity index is 1.34. The van der Waals surface area contributed by atoms with Gasteiger partial charge in [0.05, 0.1) is 6.61 Å². The summed E-state index contributed by atoms with van der Waals surface area (Å²) in [4.78, 5) is 39.9. The number of ether oxygens (including phenoxy) is 1. The minimum Gasteiger partial charge on any atom is -0.451 e. The smallest absolute Gasteiger partial charge is 0.409 e. The Morgan fingerprint density at radius 3 is 2.50 bits per heavy atom. The molecule has 4 aromatic rings. The van der Waals surface area contributed by atoms with Crippen LogP contribution in [0.25, 0.3) is 22.1 Å². The van der Waals surface area contributed by atoms with Crippen molar-refractivity contribution in [3.05, 3.63) is 89.0 Å². The maximum atomic E-state index is 13.3. The Morgan fingerprint density at radius 2 is 1.75 bits per heavy atom. The van der Waals surface area contributed by atoms with Crippen molar-refractivity contribution < 1.29 is 18.7 Å². The molecule has 0 saturated carbocycles. The summed E-state index contributed by atoms with van der Waals surface area (Å²) in [5, 5.41) is 4.06. The molecule has 0 spiro atoms. The highest BCUT2D eigenvalue weighted by molar-refractivity contribution is 6.07. The second kappa shape index (κ2) is 10.1. The number of aromatic nitrogens is 1. The van der Waals surface area contributed by atoms with E-state index in [9.17, 15) is 14.4 Å². The number of benzene rings is 2. The van der Waals surface area contributed by atoms with Crippen LogP contribution in [0.1, 0.15) is 36.4 Å². The van der Waals surface area contributed by atoms with Crippen LogP contribution in [-0.2, 0) is 4.74 Å². The van der Waals surface area contributed by atoms with Crippen LogP contribution in [0.15, 0.2) is 82.1 Å². The van der Waals surface area contributed by atoms with Gasteiger partial charge in [0.1, 0.15) is 5.76 Å². The van der Waals surface area contributed by atoms with Gasteiger partial charge in [-0.1, -0.05) is 36.4 Å². The Labute approximate surface area is 208 Å². The molecule has 0 bridgehead atoms. The maximum absolute atomic E-state index is 13.3. The number of carbonyl (C=O) groups is 2. The third-order valence-corrected chi connectivity index (χ3v) is 6.49. The molecule has 1 N–H and O–H groups in total. The first-order chi connectivity index (χ1) is 17.5. The highest BCUT2D eigenvalue weighted by Crippen LogP contribution is 2.27. The largest absolute Gasteiger partial charge is 0.451 e. The zero-order valence-electron chi connectivity index (χ0n) is 20.0. The van der Waals surface area contributed by atoms with Crippen LogP contribution in [0.4, 0.5) is 10.5 Å². The van der Waals surface area contributed by atoms with E-state index in [1.54, 1.807) is 52.9 Å². The lowest BCUT2D eigenvalue weighted by Gasteiger charge is -2.32. The van der Waals surface area contributed by atoms with E-state index in [0.29, 0.717) is 54.8 Å². The number of amides is 2. The van der Waals surface area contributed by atoms with Crippen molar-refractivity contribution in [1.82, 2.24) is 9.47 Å². The summed E-state index contributed by atoms with van der Waals surface area (Å²) < 4.78 is 12.6. The minimum atomic E-state index is -0.389. The quantitative estimate of drug-likeness (QED) is 0.414. The van der Waals surface area contributed by atoms with Crippen molar-refractivity contribution >= 4 is 28.5 Å². The van der Waals surface area contributed by atoms with Gasteiger partial charge in [0.25, 0.3) is 11.5 Å². The van der Waals surface area contributed by atoms with Crippen LogP contribution in [0.5, 0.6) is 0 Å². The van der Waals surface area contributed by atoms with E-state index in [1.807, 2.05) is 36.4 Å². The summed E-state index contributed by atoms with van der Waals surface area (Å²) in [6, 6.07) is 20.1. The molecule has 8 nitrogen and oxygen atoms in total. The molecule has 0 unspecified atom stereocenters. The molecular weight excluding hydrogens is 458 g/mol. The molecule has 2 aromatic carbocycles. The molecular formula is C28H27N3O5. The van der Waals surface area contributed by atoms with Gasteiger partial charge in [-0.25, -0.2) is 4.79 Å². The lowest BCUT2D eigenvalue weighted by atomic mass is 10.0. The number of piperidine rings is 1. The number of rotatable bonds is 5. The number of carbonyl (C=O) groups excluding carboxylic acids is 2. The fourth-order valence-electron chi connectivity index (χ4n) is 4.63. The summed E-state index contributed by atoms with van der Waals surface area (Å²) in [6.07, 6.45) is 2.80. The van der Waals surface area contributed by atoms with Gasteiger partial charge in [-0.2, -0.15) is 0 Å². The van der Waals surface area contributed by atoms with Crippen LogP contribution in [-0.4, -0.2) is 41.2 Å². The Bertz CT molecular complexity index is 1450. The van der Waals surface area contributed by atoms with Crippen molar-refractivity contribution in [3.63, 3.8) is 0 Å². The van der Waals surface area contributed by atoms with E-state index in [4.69, 9.17) is 9.15 Å². The molecule has 8 heteroatoms. The fourth-order valence-corrected chi connectivity index (χ4v) is 4.63. The number of likely N-dealkylation sites (tertiary alicyclic amines) is 1. The van der Waals surface area contributed by atoms with Gasteiger partial charge in [-0.15, -0.1) is 0 Å². The molecule has 1 aliphatic heterocycles. The molecule has 1 fully saturated rings. The van der Waals surface area contributed by atoms with Crippen molar-refractivity contribution in [1.29, 1.82) is 0 Å². The number of fused-ring (bicyclic) bond motifs is 1. The highest BCUT2D eigenvalue weighted by atomic mass is 16.6.